The Balaban J connectivity index is 1.76. The van der Waals surface area contributed by atoms with E-state index in [-0.39, 0.29) is 24.4 Å². The number of hydrogen-bond donors (Lipinski definition) is 1. The Labute approximate surface area is 164 Å². The fourth-order valence-corrected chi connectivity index (χ4v) is 3.93. The Bertz CT molecular complexity index is 820. The average molecular weight is 390 g/mol. The normalized spacial score (nSPS) is 19.0. The molecule has 28 heavy (non-hydrogen) atoms. The molecule has 0 spiro atoms. The third kappa shape index (κ3) is 4.18. The van der Waals surface area contributed by atoms with E-state index in [1.165, 1.54) is 5.56 Å². The van der Waals surface area contributed by atoms with Crippen molar-refractivity contribution in [1.82, 2.24) is 20.0 Å². The highest BCUT2D eigenvalue weighted by Crippen LogP contribution is 2.39. The van der Waals surface area contributed by atoms with E-state index in [4.69, 9.17) is 0 Å². The minimum atomic E-state index is -2.28. The van der Waals surface area contributed by atoms with Gasteiger partial charge in [0.1, 0.15) is 0 Å². The zero-order valence-electron chi connectivity index (χ0n) is 16.7. The molecular weight excluding hydrogens is 362 g/mol. The largest absolute Gasteiger partial charge is 0.338 e. The van der Waals surface area contributed by atoms with Crippen LogP contribution in [0.15, 0.2) is 30.5 Å². The van der Waals surface area contributed by atoms with Crippen molar-refractivity contribution in [3.63, 3.8) is 0 Å². The van der Waals surface area contributed by atoms with Crippen molar-refractivity contribution in [3.05, 3.63) is 52.8 Å². The number of urea groups is 1. The number of hydrogen-bond acceptors (Lipinski definition) is 2. The van der Waals surface area contributed by atoms with E-state index in [0.29, 0.717) is 25.9 Å². The fourth-order valence-electron chi connectivity index (χ4n) is 3.93. The molecule has 1 N–H and O–H groups in total. The highest BCUT2D eigenvalue weighted by molar-refractivity contribution is 5.75. The van der Waals surface area contributed by atoms with Gasteiger partial charge < -0.3 is 10.2 Å². The van der Waals surface area contributed by atoms with Gasteiger partial charge in [-0.1, -0.05) is 24.3 Å². The van der Waals surface area contributed by atoms with E-state index in [2.05, 4.69) is 22.5 Å². The first-order valence-electron chi connectivity index (χ1n) is 9.80. The smallest absolute Gasteiger partial charge is 0.317 e. The molecule has 1 aromatic carbocycles. The second-order valence-corrected chi connectivity index (χ2v) is 7.44. The Morgan fingerprint density at radius 3 is 2.61 bits per heavy atom. The third-order valence-corrected chi connectivity index (χ3v) is 5.70. The SMILES string of the molecule is Cc1c(C2CN(C(=O)NCCCCC(F)F)C(C)c3ccccc32)cnn1C. The topological polar surface area (TPSA) is 50.2 Å². The molecule has 2 atom stereocenters. The number of nitrogens with zero attached hydrogens (tertiary/aromatic N) is 3. The predicted molar refractivity (Wildman–Crippen MR) is 105 cm³/mol. The van der Waals surface area contributed by atoms with Crippen molar-refractivity contribution in [3.8, 4) is 0 Å². The van der Waals surface area contributed by atoms with Gasteiger partial charge >= 0.3 is 6.03 Å². The van der Waals surface area contributed by atoms with Crippen LogP contribution in [0.4, 0.5) is 13.6 Å². The maximum Gasteiger partial charge on any atom is 0.317 e. The molecule has 2 unspecified atom stereocenters. The summed E-state index contributed by atoms with van der Waals surface area (Å²) in [5, 5.41) is 7.27. The van der Waals surface area contributed by atoms with Gasteiger partial charge in [-0.05, 0) is 37.8 Å². The molecule has 1 aromatic heterocycles. The van der Waals surface area contributed by atoms with Crippen LogP contribution >= 0.6 is 0 Å². The molecule has 2 amide bonds. The molecule has 0 aliphatic carbocycles. The van der Waals surface area contributed by atoms with Crippen LogP contribution in [0.2, 0.25) is 0 Å². The Morgan fingerprint density at radius 2 is 1.96 bits per heavy atom. The van der Waals surface area contributed by atoms with Gasteiger partial charge in [-0.2, -0.15) is 5.10 Å². The van der Waals surface area contributed by atoms with Crippen LogP contribution in [-0.4, -0.2) is 40.2 Å². The lowest BCUT2D eigenvalue weighted by molar-refractivity contribution is 0.134. The van der Waals surface area contributed by atoms with Crippen molar-refractivity contribution in [2.75, 3.05) is 13.1 Å². The highest BCUT2D eigenvalue weighted by Gasteiger charge is 2.35. The molecule has 0 saturated carbocycles. The summed E-state index contributed by atoms with van der Waals surface area (Å²) in [5.41, 5.74) is 4.57. The lowest BCUT2D eigenvalue weighted by Crippen LogP contribution is -2.46. The van der Waals surface area contributed by atoms with E-state index in [0.717, 1.165) is 16.8 Å². The summed E-state index contributed by atoms with van der Waals surface area (Å²) in [6, 6.07) is 8.02. The second-order valence-electron chi connectivity index (χ2n) is 7.44. The summed E-state index contributed by atoms with van der Waals surface area (Å²) in [6.07, 6.45) is 0.449. The molecule has 1 aliphatic rings. The zero-order chi connectivity index (χ0) is 20.3. The molecule has 0 bridgehead atoms. The van der Waals surface area contributed by atoms with Crippen LogP contribution in [-0.2, 0) is 7.05 Å². The molecule has 0 radical (unpaired) electrons. The molecule has 0 saturated heterocycles. The van der Waals surface area contributed by atoms with Gasteiger partial charge in [-0.3, -0.25) is 4.68 Å². The number of benzene rings is 1. The van der Waals surface area contributed by atoms with Crippen LogP contribution < -0.4 is 5.32 Å². The Hall–Kier alpha value is -2.44. The third-order valence-electron chi connectivity index (χ3n) is 5.70. The zero-order valence-corrected chi connectivity index (χ0v) is 16.7. The van der Waals surface area contributed by atoms with Gasteiger partial charge in [0.2, 0.25) is 6.43 Å². The number of rotatable bonds is 6. The minimum absolute atomic E-state index is 0.0505. The molecule has 2 aromatic rings. The van der Waals surface area contributed by atoms with Crippen molar-refractivity contribution in [2.45, 2.75) is 51.5 Å². The molecule has 1 aliphatic heterocycles. The highest BCUT2D eigenvalue weighted by atomic mass is 19.3. The summed E-state index contributed by atoms with van der Waals surface area (Å²) in [5.74, 6) is 0.0608. The number of unbranched alkanes of at least 4 members (excludes halogenated alkanes) is 1. The van der Waals surface area contributed by atoms with E-state index in [1.807, 2.05) is 48.8 Å². The first kappa shape index (κ1) is 20.3. The number of aryl methyl sites for hydroxylation is 1. The van der Waals surface area contributed by atoms with Crippen molar-refractivity contribution in [1.29, 1.82) is 0 Å². The lowest BCUT2D eigenvalue weighted by atomic mass is 9.82. The maximum absolute atomic E-state index is 12.8. The molecule has 5 nitrogen and oxygen atoms in total. The number of amides is 2. The van der Waals surface area contributed by atoms with Gasteiger partial charge in [-0.25, -0.2) is 13.6 Å². The van der Waals surface area contributed by atoms with Crippen LogP contribution in [0.5, 0.6) is 0 Å². The molecular formula is C21H28F2N4O. The van der Waals surface area contributed by atoms with E-state index < -0.39 is 6.43 Å². The Kier molecular flexibility index (Phi) is 6.31. The van der Waals surface area contributed by atoms with Gasteiger partial charge in [0, 0.05) is 43.7 Å². The first-order valence-corrected chi connectivity index (χ1v) is 9.80. The van der Waals surface area contributed by atoms with Crippen molar-refractivity contribution in [2.24, 2.45) is 7.05 Å². The predicted octanol–water partition coefficient (Wildman–Crippen LogP) is 4.38. The van der Waals surface area contributed by atoms with E-state index in [1.54, 1.807) is 0 Å². The number of fused-ring (bicyclic) bond motifs is 1. The number of aromatic nitrogens is 2. The molecule has 3 rings (SSSR count). The summed E-state index contributed by atoms with van der Waals surface area (Å²) in [6.45, 7) is 5.04. The molecule has 152 valence electrons. The molecule has 7 heteroatoms. The Morgan fingerprint density at radius 1 is 1.25 bits per heavy atom. The average Bonchev–Trinajstić information content (AvgIpc) is 3.00. The number of halogens is 2. The van der Waals surface area contributed by atoms with Crippen LogP contribution in [0, 0.1) is 6.92 Å². The maximum atomic E-state index is 12.8. The van der Waals surface area contributed by atoms with Gasteiger partial charge in [0.25, 0.3) is 0 Å². The van der Waals surface area contributed by atoms with Gasteiger partial charge in [0.15, 0.2) is 0 Å². The molecule has 2 heterocycles. The number of nitrogens with one attached hydrogen (secondary N) is 1. The van der Waals surface area contributed by atoms with Crippen molar-refractivity contribution < 1.29 is 13.6 Å². The van der Waals surface area contributed by atoms with Gasteiger partial charge in [-0.15, -0.1) is 0 Å². The quantitative estimate of drug-likeness (QED) is 0.744. The number of carbonyl (C=O) groups excluding carboxylic acids is 1. The van der Waals surface area contributed by atoms with E-state index >= 15 is 0 Å². The lowest BCUT2D eigenvalue weighted by Gasteiger charge is -2.39. The summed E-state index contributed by atoms with van der Waals surface area (Å²) < 4.78 is 26.3. The van der Waals surface area contributed by atoms with Crippen molar-refractivity contribution >= 4 is 6.03 Å². The van der Waals surface area contributed by atoms with Crippen LogP contribution in [0.1, 0.15) is 60.5 Å². The second kappa shape index (κ2) is 8.71. The minimum Gasteiger partial charge on any atom is -0.338 e. The number of carbonyl (C=O) groups is 1. The summed E-state index contributed by atoms with van der Waals surface area (Å²) in [7, 11) is 1.92. The number of alkyl halides is 2. The monoisotopic (exact) mass is 390 g/mol. The fraction of sp³-hybridized carbons (Fsp3) is 0.524. The van der Waals surface area contributed by atoms with E-state index in [9.17, 15) is 13.6 Å². The van der Waals surface area contributed by atoms with Gasteiger partial charge in [0.05, 0.1) is 12.2 Å². The first-order chi connectivity index (χ1) is 13.4. The van der Waals surface area contributed by atoms with Crippen LogP contribution in [0.25, 0.3) is 0 Å². The standard InChI is InChI=1S/C21H28F2N4O/c1-14-18(12-25-26(14)3)19-13-27(15(2)16-8-4-5-9-17(16)19)21(28)24-11-7-6-10-20(22)23/h4-5,8-9,12,15,19-20H,6-7,10-11,13H2,1-3H3,(H,24,28). The summed E-state index contributed by atoms with van der Waals surface area (Å²) in [4.78, 5) is 14.7. The molecule has 0 fully saturated rings. The summed E-state index contributed by atoms with van der Waals surface area (Å²) >= 11 is 0. The van der Waals surface area contributed by atoms with Crippen LogP contribution in [0.3, 0.4) is 0 Å².